The second-order valence-corrected chi connectivity index (χ2v) is 4.59. The van der Waals surface area contributed by atoms with Crippen LogP contribution in [0.2, 0.25) is 0 Å². The molecular weight excluding hydrogens is 228 g/mol. The molecule has 0 fully saturated rings. The average Bonchev–Trinajstić information content (AvgIpc) is 2.32. The molecule has 1 aliphatic rings. The highest BCUT2D eigenvalue weighted by Gasteiger charge is 2.27. The lowest BCUT2D eigenvalue weighted by molar-refractivity contribution is -0.141. The highest BCUT2D eigenvalue weighted by atomic mass is 16.2. The summed E-state index contributed by atoms with van der Waals surface area (Å²) in [7, 11) is 0. The number of nitrogens with two attached hydrogens (primary N) is 1. The highest BCUT2D eigenvalue weighted by molar-refractivity contribution is 6.05. The van der Waals surface area contributed by atoms with Crippen LogP contribution in [0.15, 0.2) is 30.3 Å². The molecule has 94 valence electrons. The smallest absolute Gasteiger partial charge is 0.253 e. The normalized spacial score (nSPS) is 19.7. The number of benzene rings is 1. The monoisotopic (exact) mass is 244 g/mol. The summed E-state index contributed by atoms with van der Waals surface area (Å²) in [6, 6.07) is 7.41. The molecule has 0 aromatic heterocycles. The first kappa shape index (κ1) is 12.4. The van der Waals surface area contributed by atoms with E-state index in [1.54, 1.807) is 6.08 Å². The Morgan fingerprint density at radius 2 is 1.94 bits per heavy atom. The molecule has 1 atom stereocenters. The molecule has 1 aromatic rings. The van der Waals surface area contributed by atoms with E-state index in [2.05, 4.69) is 0 Å². The van der Waals surface area contributed by atoms with Crippen molar-refractivity contribution in [3.05, 3.63) is 35.9 Å². The lowest BCUT2D eigenvalue weighted by Gasteiger charge is -2.29. The number of hydrogen-bond donors (Lipinski definition) is 1. The van der Waals surface area contributed by atoms with Crippen LogP contribution in [0.1, 0.15) is 19.4 Å². The molecule has 0 saturated carbocycles. The molecule has 0 saturated heterocycles. The molecule has 0 unspecified atom stereocenters. The van der Waals surface area contributed by atoms with E-state index in [1.807, 2.05) is 31.2 Å². The van der Waals surface area contributed by atoms with Gasteiger partial charge < -0.3 is 5.73 Å². The minimum Gasteiger partial charge on any atom is -0.399 e. The van der Waals surface area contributed by atoms with Crippen molar-refractivity contribution in [2.45, 2.75) is 13.8 Å². The Labute approximate surface area is 106 Å². The molecule has 4 heteroatoms. The van der Waals surface area contributed by atoms with Gasteiger partial charge in [0.2, 0.25) is 5.91 Å². The summed E-state index contributed by atoms with van der Waals surface area (Å²) in [5.41, 5.74) is 8.27. The van der Waals surface area contributed by atoms with E-state index >= 15 is 0 Å². The molecule has 1 aliphatic heterocycles. The summed E-state index contributed by atoms with van der Waals surface area (Å²) in [6.45, 7) is 3.85. The van der Waals surface area contributed by atoms with Crippen molar-refractivity contribution >= 4 is 23.1 Å². The molecule has 0 aliphatic carbocycles. The van der Waals surface area contributed by atoms with Crippen molar-refractivity contribution in [1.82, 2.24) is 4.90 Å². The van der Waals surface area contributed by atoms with Crippen LogP contribution in [0.3, 0.4) is 0 Å². The van der Waals surface area contributed by atoms with Gasteiger partial charge in [-0.25, -0.2) is 0 Å². The van der Waals surface area contributed by atoms with Gasteiger partial charge in [-0.15, -0.1) is 0 Å². The van der Waals surface area contributed by atoms with Crippen LogP contribution in [0.25, 0.3) is 5.57 Å². The Bertz CT molecular complexity index is 517. The van der Waals surface area contributed by atoms with E-state index in [1.165, 1.54) is 11.8 Å². The van der Waals surface area contributed by atoms with E-state index < -0.39 is 0 Å². The van der Waals surface area contributed by atoms with Gasteiger partial charge >= 0.3 is 0 Å². The first-order valence-corrected chi connectivity index (χ1v) is 5.88. The Hall–Kier alpha value is -2.10. The zero-order valence-corrected chi connectivity index (χ0v) is 10.5. The Balaban J connectivity index is 2.34. The number of carbonyl (C=O) groups excluding carboxylic acids is 2. The molecule has 2 amide bonds. The van der Waals surface area contributed by atoms with Gasteiger partial charge in [-0.3, -0.25) is 14.5 Å². The van der Waals surface area contributed by atoms with Crippen molar-refractivity contribution in [1.29, 1.82) is 0 Å². The molecule has 0 bridgehead atoms. The largest absolute Gasteiger partial charge is 0.399 e. The molecule has 18 heavy (non-hydrogen) atoms. The van der Waals surface area contributed by atoms with Crippen LogP contribution in [0.4, 0.5) is 5.69 Å². The Kier molecular flexibility index (Phi) is 3.19. The second-order valence-electron chi connectivity index (χ2n) is 4.59. The van der Waals surface area contributed by atoms with Crippen LogP contribution < -0.4 is 5.73 Å². The third-order valence-electron chi connectivity index (χ3n) is 3.16. The lowest BCUT2D eigenvalue weighted by atomic mass is 9.90. The summed E-state index contributed by atoms with van der Waals surface area (Å²) in [5.74, 6) is -0.317. The van der Waals surface area contributed by atoms with Crippen molar-refractivity contribution in [2.75, 3.05) is 12.3 Å². The highest BCUT2D eigenvalue weighted by Crippen LogP contribution is 2.28. The van der Waals surface area contributed by atoms with E-state index in [9.17, 15) is 9.59 Å². The number of amides is 2. The SMILES string of the molecule is CC(=O)N1C[C@H](C)C(c2ccc(N)cc2)=CC1=O. The summed E-state index contributed by atoms with van der Waals surface area (Å²) in [6.07, 6.45) is 1.54. The summed E-state index contributed by atoms with van der Waals surface area (Å²) >= 11 is 0. The molecule has 2 N–H and O–H groups in total. The summed E-state index contributed by atoms with van der Waals surface area (Å²) in [4.78, 5) is 24.4. The van der Waals surface area contributed by atoms with Crippen LogP contribution >= 0.6 is 0 Å². The fraction of sp³-hybridized carbons (Fsp3) is 0.286. The Morgan fingerprint density at radius 1 is 1.33 bits per heavy atom. The lowest BCUT2D eigenvalue weighted by Crippen LogP contribution is -2.40. The number of nitrogens with zero attached hydrogens (tertiary/aromatic N) is 1. The van der Waals surface area contributed by atoms with E-state index in [0.29, 0.717) is 12.2 Å². The standard InChI is InChI=1S/C14H16N2O2/c1-9-8-16(10(2)17)14(18)7-13(9)11-3-5-12(15)6-4-11/h3-7,9H,8,15H2,1-2H3/t9-/m0/s1. The topological polar surface area (TPSA) is 63.4 Å². The van der Waals surface area contributed by atoms with E-state index in [-0.39, 0.29) is 17.7 Å². The molecule has 0 radical (unpaired) electrons. The van der Waals surface area contributed by atoms with Crippen LogP contribution in [-0.4, -0.2) is 23.3 Å². The van der Waals surface area contributed by atoms with Crippen molar-refractivity contribution in [3.63, 3.8) is 0 Å². The number of carbonyl (C=O) groups is 2. The van der Waals surface area contributed by atoms with Gasteiger partial charge in [0.15, 0.2) is 0 Å². The predicted octanol–water partition coefficient (Wildman–Crippen LogP) is 1.68. The molecule has 2 rings (SSSR count). The van der Waals surface area contributed by atoms with Crippen LogP contribution in [0, 0.1) is 5.92 Å². The van der Waals surface area contributed by atoms with Crippen LogP contribution in [0.5, 0.6) is 0 Å². The van der Waals surface area contributed by atoms with Gasteiger partial charge in [-0.2, -0.15) is 0 Å². The zero-order valence-electron chi connectivity index (χ0n) is 10.5. The number of imide groups is 1. The van der Waals surface area contributed by atoms with Gasteiger partial charge in [-0.05, 0) is 23.3 Å². The second kappa shape index (κ2) is 4.64. The molecule has 4 nitrogen and oxygen atoms in total. The third-order valence-corrected chi connectivity index (χ3v) is 3.16. The maximum atomic E-state index is 11.8. The van der Waals surface area contributed by atoms with Crippen molar-refractivity contribution in [3.8, 4) is 0 Å². The van der Waals surface area contributed by atoms with Gasteiger partial charge in [0.05, 0.1) is 0 Å². The van der Waals surface area contributed by atoms with Gasteiger partial charge in [-0.1, -0.05) is 19.1 Å². The van der Waals surface area contributed by atoms with Crippen molar-refractivity contribution < 1.29 is 9.59 Å². The fourth-order valence-corrected chi connectivity index (χ4v) is 2.14. The predicted molar refractivity (Wildman–Crippen MR) is 70.4 cm³/mol. The van der Waals surface area contributed by atoms with E-state index in [4.69, 9.17) is 5.73 Å². The fourth-order valence-electron chi connectivity index (χ4n) is 2.14. The molecule has 1 aromatic carbocycles. The number of anilines is 1. The summed E-state index contributed by atoms with van der Waals surface area (Å²) in [5, 5.41) is 0. The van der Waals surface area contributed by atoms with Gasteiger partial charge in [0, 0.05) is 31.1 Å². The number of rotatable bonds is 1. The minimum absolute atomic E-state index is 0.134. The molecule has 0 spiro atoms. The Morgan fingerprint density at radius 3 is 2.50 bits per heavy atom. The maximum absolute atomic E-state index is 11.8. The maximum Gasteiger partial charge on any atom is 0.253 e. The first-order chi connectivity index (χ1) is 8.49. The third kappa shape index (κ3) is 2.27. The quantitative estimate of drug-likeness (QED) is 0.764. The first-order valence-electron chi connectivity index (χ1n) is 5.88. The number of hydrogen-bond acceptors (Lipinski definition) is 3. The number of nitrogen functional groups attached to an aromatic ring is 1. The van der Waals surface area contributed by atoms with E-state index in [0.717, 1.165) is 11.1 Å². The zero-order chi connectivity index (χ0) is 13.3. The average molecular weight is 244 g/mol. The molecular formula is C14H16N2O2. The van der Waals surface area contributed by atoms with Gasteiger partial charge in [0.1, 0.15) is 0 Å². The summed E-state index contributed by atoms with van der Waals surface area (Å²) < 4.78 is 0. The van der Waals surface area contributed by atoms with Crippen LogP contribution in [-0.2, 0) is 9.59 Å². The minimum atomic E-state index is -0.243. The molecule has 1 heterocycles. The van der Waals surface area contributed by atoms with Crippen molar-refractivity contribution in [2.24, 2.45) is 5.92 Å². The van der Waals surface area contributed by atoms with Gasteiger partial charge in [0.25, 0.3) is 5.91 Å².